The average molecular weight is 322 g/mol. The maximum atomic E-state index is 12.5. The van der Waals surface area contributed by atoms with Gasteiger partial charge in [-0.25, -0.2) is 9.97 Å². The van der Waals surface area contributed by atoms with Gasteiger partial charge in [0.2, 0.25) is 0 Å². The van der Waals surface area contributed by atoms with E-state index in [2.05, 4.69) is 15.3 Å². The molecule has 0 aliphatic heterocycles. The summed E-state index contributed by atoms with van der Waals surface area (Å²) in [5.41, 5.74) is 5.71. The maximum Gasteiger partial charge on any atom is 0.271 e. The van der Waals surface area contributed by atoms with Crippen molar-refractivity contribution in [3.8, 4) is 0 Å². The number of carbonyl (C=O) groups is 1. The van der Waals surface area contributed by atoms with Gasteiger partial charge in [-0.3, -0.25) is 4.79 Å². The van der Waals surface area contributed by atoms with Gasteiger partial charge in [-0.05, 0) is 19.4 Å². The fourth-order valence-electron chi connectivity index (χ4n) is 2.77. The highest BCUT2D eigenvalue weighted by Crippen LogP contribution is 2.39. The highest BCUT2D eigenvalue weighted by atomic mass is 32.1. The molecule has 0 radical (unpaired) electrons. The number of nitrogens with two attached hydrogens (primary N) is 1. The highest BCUT2D eigenvalue weighted by Gasteiger charge is 2.39. The second-order valence-corrected chi connectivity index (χ2v) is 7.08. The Kier molecular flexibility index (Phi) is 4.32. The third-order valence-corrected chi connectivity index (χ3v) is 5.68. The molecule has 0 aromatic carbocycles. The molecular weight excluding hydrogens is 304 g/mol. The molecule has 2 aromatic rings. The van der Waals surface area contributed by atoms with E-state index in [9.17, 15) is 4.79 Å². The summed E-state index contributed by atoms with van der Waals surface area (Å²) < 4.78 is 0. The summed E-state index contributed by atoms with van der Waals surface area (Å²) in [7, 11) is 0. The molecule has 0 saturated heterocycles. The molecule has 1 aliphatic carbocycles. The number of hydrogen-bond donors (Lipinski definition) is 2. The number of thiazole rings is 2. The molecular formula is C14H18N4OS2. The maximum absolute atomic E-state index is 12.5. The number of nitrogens with one attached hydrogen (secondary N) is 1. The van der Waals surface area contributed by atoms with Crippen LogP contribution in [0.1, 0.15) is 46.2 Å². The predicted molar refractivity (Wildman–Crippen MR) is 84.6 cm³/mol. The number of amides is 1. The fraction of sp³-hybridized carbons (Fsp3) is 0.500. The lowest BCUT2D eigenvalue weighted by molar-refractivity contribution is 0.0893. The van der Waals surface area contributed by atoms with Crippen LogP contribution in [0.15, 0.2) is 17.0 Å². The Morgan fingerprint density at radius 1 is 1.38 bits per heavy atom. The van der Waals surface area contributed by atoms with Crippen molar-refractivity contribution in [1.82, 2.24) is 15.3 Å². The molecule has 21 heavy (non-hydrogen) atoms. The summed E-state index contributed by atoms with van der Waals surface area (Å²) in [4.78, 5) is 21.3. The van der Waals surface area contributed by atoms with Crippen molar-refractivity contribution in [1.29, 1.82) is 0 Å². The molecule has 1 aliphatic rings. The zero-order valence-electron chi connectivity index (χ0n) is 11.7. The average Bonchev–Trinajstić information content (AvgIpc) is 3.21. The molecule has 112 valence electrons. The van der Waals surface area contributed by atoms with Gasteiger partial charge in [0.05, 0.1) is 10.5 Å². The van der Waals surface area contributed by atoms with E-state index in [0.717, 1.165) is 42.1 Å². The number of carbonyl (C=O) groups excluding carboxylic acids is 1. The summed E-state index contributed by atoms with van der Waals surface area (Å²) in [5, 5.41) is 8.88. The third-order valence-electron chi connectivity index (χ3n) is 3.79. The minimum absolute atomic E-state index is 0.105. The molecule has 0 spiro atoms. The highest BCUT2D eigenvalue weighted by molar-refractivity contribution is 7.10. The molecule has 3 N–H and O–H groups in total. The normalized spacial score (nSPS) is 17.0. The van der Waals surface area contributed by atoms with E-state index in [-0.39, 0.29) is 11.4 Å². The van der Waals surface area contributed by atoms with Crippen molar-refractivity contribution >= 4 is 28.6 Å². The first-order chi connectivity index (χ1) is 10.2. The Morgan fingerprint density at radius 2 is 2.19 bits per heavy atom. The summed E-state index contributed by atoms with van der Waals surface area (Å²) >= 11 is 3.10. The van der Waals surface area contributed by atoms with Gasteiger partial charge in [-0.15, -0.1) is 22.7 Å². The first-order valence-corrected chi connectivity index (χ1v) is 8.86. The van der Waals surface area contributed by atoms with Crippen LogP contribution in [0.4, 0.5) is 0 Å². The van der Waals surface area contributed by atoms with Gasteiger partial charge < -0.3 is 11.1 Å². The van der Waals surface area contributed by atoms with Gasteiger partial charge in [0.15, 0.2) is 0 Å². The Morgan fingerprint density at radius 3 is 2.86 bits per heavy atom. The van der Waals surface area contributed by atoms with E-state index in [1.807, 2.05) is 10.8 Å². The van der Waals surface area contributed by atoms with E-state index in [1.54, 1.807) is 17.5 Å². The van der Waals surface area contributed by atoms with Crippen LogP contribution in [0.25, 0.3) is 0 Å². The molecule has 7 heteroatoms. The molecule has 1 amide bonds. The SMILES string of the molecule is NCCc1nc(C(=O)NC2(c3nccs3)CCCC2)cs1. The first kappa shape index (κ1) is 14.6. The van der Waals surface area contributed by atoms with Gasteiger partial charge in [0.25, 0.3) is 5.91 Å². The van der Waals surface area contributed by atoms with E-state index >= 15 is 0 Å². The zero-order chi connectivity index (χ0) is 14.7. The first-order valence-electron chi connectivity index (χ1n) is 7.10. The Labute approximate surface area is 131 Å². The minimum Gasteiger partial charge on any atom is -0.339 e. The van der Waals surface area contributed by atoms with E-state index in [0.29, 0.717) is 12.2 Å². The molecule has 5 nitrogen and oxygen atoms in total. The predicted octanol–water partition coefficient (Wildman–Crippen LogP) is 2.30. The van der Waals surface area contributed by atoms with Crippen LogP contribution in [-0.4, -0.2) is 22.4 Å². The second-order valence-electron chi connectivity index (χ2n) is 5.25. The lowest BCUT2D eigenvalue weighted by Crippen LogP contribution is -2.43. The number of nitrogens with zero attached hydrogens (tertiary/aromatic N) is 2. The van der Waals surface area contributed by atoms with Gasteiger partial charge in [0, 0.05) is 23.4 Å². The van der Waals surface area contributed by atoms with Crippen LogP contribution in [0.5, 0.6) is 0 Å². The van der Waals surface area contributed by atoms with E-state index in [4.69, 9.17) is 5.73 Å². The van der Waals surface area contributed by atoms with Crippen molar-refractivity contribution < 1.29 is 4.79 Å². The smallest absolute Gasteiger partial charge is 0.271 e. The van der Waals surface area contributed by atoms with Crippen LogP contribution < -0.4 is 11.1 Å². The number of hydrogen-bond acceptors (Lipinski definition) is 6. The largest absolute Gasteiger partial charge is 0.339 e. The molecule has 1 fully saturated rings. The molecule has 1 saturated carbocycles. The summed E-state index contributed by atoms with van der Waals surface area (Å²) in [6, 6.07) is 0. The summed E-state index contributed by atoms with van der Waals surface area (Å²) in [5.74, 6) is -0.105. The van der Waals surface area contributed by atoms with Gasteiger partial charge in [-0.2, -0.15) is 0 Å². The van der Waals surface area contributed by atoms with Crippen molar-refractivity contribution in [2.75, 3.05) is 6.54 Å². The summed E-state index contributed by atoms with van der Waals surface area (Å²) in [6.45, 7) is 0.553. The third kappa shape index (κ3) is 3.00. The molecule has 0 atom stereocenters. The van der Waals surface area contributed by atoms with Crippen LogP contribution in [0, 0.1) is 0 Å². The van der Waals surface area contributed by atoms with Crippen LogP contribution >= 0.6 is 22.7 Å². The van der Waals surface area contributed by atoms with Gasteiger partial charge in [0.1, 0.15) is 10.7 Å². The molecule has 3 rings (SSSR count). The number of rotatable bonds is 5. The monoisotopic (exact) mass is 322 g/mol. The second kappa shape index (κ2) is 6.21. The Balaban J connectivity index is 1.78. The lowest BCUT2D eigenvalue weighted by Gasteiger charge is -2.27. The summed E-state index contributed by atoms with van der Waals surface area (Å²) in [6.07, 6.45) is 6.66. The van der Waals surface area contributed by atoms with Crippen molar-refractivity contribution in [2.24, 2.45) is 5.73 Å². The van der Waals surface area contributed by atoms with E-state index in [1.165, 1.54) is 11.3 Å². The topological polar surface area (TPSA) is 80.9 Å². The zero-order valence-corrected chi connectivity index (χ0v) is 13.3. The Bertz CT molecular complexity index is 602. The molecule has 2 heterocycles. The van der Waals surface area contributed by atoms with Crippen molar-refractivity contribution in [3.63, 3.8) is 0 Å². The number of aromatic nitrogens is 2. The van der Waals surface area contributed by atoms with Gasteiger partial charge in [-0.1, -0.05) is 12.8 Å². The quantitative estimate of drug-likeness (QED) is 0.885. The van der Waals surface area contributed by atoms with Crippen molar-refractivity contribution in [3.05, 3.63) is 32.7 Å². The molecule has 0 bridgehead atoms. The van der Waals surface area contributed by atoms with E-state index < -0.39 is 0 Å². The van der Waals surface area contributed by atoms with Gasteiger partial charge >= 0.3 is 0 Å². The standard InChI is InChI=1S/C14H18N4OS2/c15-6-3-11-17-10(9-21-11)12(19)18-14(4-1-2-5-14)13-16-7-8-20-13/h7-9H,1-6,15H2,(H,18,19). The fourth-order valence-corrected chi connectivity index (χ4v) is 4.41. The van der Waals surface area contributed by atoms with Crippen LogP contribution in [0.2, 0.25) is 0 Å². The molecule has 0 unspecified atom stereocenters. The van der Waals surface area contributed by atoms with Crippen molar-refractivity contribution in [2.45, 2.75) is 37.6 Å². The van der Waals surface area contributed by atoms with Crippen LogP contribution in [0.3, 0.4) is 0 Å². The lowest BCUT2D eigenvalue weighted by atomic mass is 9.98. The van der Waals surface area contributed by atoms with Crippen LogP contribution in [-0.2, 0) is 12.0 Å². The molecule has 2 aromatic heterocycles. The minimum atomic E-state index is -0.303. The Hall–Kier alpha value is -1.31.